The molecule has 1 aromatic carbocycles. The second-order valence-electron chi connectivity index (χ2n) is 2.88. The van der Waals surface area contributed by atoms with Crippen molar-refractivity contribution in [3.05, 3.63) is 24.3 Å². The summed E-state index contributed by atoms with van der Waals surface area (Å²) in [6, 6.07) is 7.70. The zero-order chi connectivity index (χ0) is 12.5. The number of rotatable bonds is 4. The van der Waals surface area contributed by atoms with Crippen LogP contribution < -0.4 is 18.9 Å². The second kappa shape index (κ2) is 10.2. The quantitative estimate of drug-likeness (QED) is 0.398. The molecule has 0 bridgehead atoms. The van der Waals surface area contributed by atoms with Gasteiger partial charge in [0.05, 0.1) is 24.6 Å². The average Bonchev–Trinajstić information content (AvgIpc) is 2.78. The first kappa shape index (κ1) is 17.2. The maximum Gasteiger partial charge on any atom is 1.00 e. The third-order valence-corrected chi connectivity index (χ3v) is 2.04. The Balaban J connectivity index is 0.000000308. The minimum atomic E-state index is -2.48. The van der Waals surface area contributed by atoms with E-state index in [4.69, 9.17) is 0 Å². The van der Waals surface area contributed by atoms with Crippen molar-refractivity contribution in [2.24, 2.45) is 0 Å². The van der Waals surface area contributed by atoms with E-state index in [0.29, 0.717) is 0 Å². The summed E-state index contributed by atoms with van der Waals surface area (Å²) in [6.07, 6.45) is 0.133. The van der Waals surface area contributed by atoms with Crippen LogP contribution in [0.4, 0.5) is 4.39 Å². The van der Waals surface area contributed by atoms with Crippen LogP contribution in [0.25, 0.3) is 11.0 Å². The third kappa shape index (κ3) is 6.83. The van der Waals surface area contributed by atoms with Crippen molar-refractivity contribution in [3.63, 3.8) is 0 Å². The third-order valence-electron chi connectivity index (χ3n) is 1.68. The monoisotopic (exact) mass is 267 g/mol. The van der Waals surface area contributed by atoms with Gasteiger partial charge in [0.2, 0.25) is 0 Å². The van der Waals surface area contributed by atoms with Crippen molar-refractivity contribution in [1.29, 1.82) is 0 Å². The Kier molecular flexibility index (Phi) is 9.73. The smallest absolute Gasteiger partial charge is 0.750 e. The maximum atomic E-state index is 11.2. The fourth-order valence-corrected chi connectivity index (χ4v) is 1.22. The summed E-state index contributed by atoms with van der Waals surface area (Å²) in [5, 5.41) is 10.3. The number of benzene rings is 1. The number of para-hydroxylation sites is 2. The van der Waals surface area contributed by atoms with Gasteiger partial charge in [-0.3, -0.25) is 4.39 Å². The Bertz CT molecular complexity index is 441. The van der Waals surface area contributed by atoms with Crippen molar-refractivity contribution in [2.45, 2.75) is 6.42 Å². The van der Waals surface area contributed by atoms with Gasteiger partial charge in [-0.15, -0.1) is 0 Å². The van der Waals surface area contributed by atoms with Crippen LogP contribution in [-0.4, -0.2) is 37.5 Å². The van der Waals surface area contributed by atoms with Gasteiger partial charge in [-0.05, 0) is 12.1 Å². The van der Waals surface area contributed by atoms with Crippen LogP contribution >= 0.6 is 0 Å². The minimum Gasteiger partial charge on any atom is -0.750 e. The molecule has 1 atom stereocenters. The molecule has 1 aromatic heterocycles. The van der Waals surface area contributed by atoms with Gasteiger partial charge < -0.3 is 8.74 Å². The molecule has 1 N–H and O–H groups in total. The van der Waals surface area contributed by atoms with Crippen molar-refractivity contribution >= 4 is 22.4 Å². The zero-order valence-corrected chi connectivity index (χ0v) is 10.7. The Morgan fingerprint density at radius 2 is 1.89 bits per heavy atom. The molecule has 0 aliphatic heterocycles. The van der Waals surface area contributed by atoms with E-state index in [9.17, 15) is 13.2 Å². The first-order chi connectivity index (χ1) is 8.24. The van der Waals surface area contributed by atoms with Gasteiger partial charge in [-0.25, -0.2) is 4.21 Å². The van der Waals surface area contributed by atoms with E-state index in [1.807, 2.05) is 24.3 Å². The molecule has 0 spiro atoms. The van der Waals surface area contributed by atoms with E-state index in [-0.39, 0.29) is 31.9 Å². The number of hydrogen-bond acceptors (Lipinski definition) is 5. The standard InChI is InChI=1S/C6H5N3.C3H7FO3S.Li/c1-2-4-6-5(3-1)7-9-8-6;4-2-1-3-7-8(5)6;/h1-4H,(H,7,8,9);1-3H2,(H,5,6);/q;;+1/p-1. The van der Waals surface area contributed by atoms with E-state index < -0.39 is 18.0 Å². The Hall–Kier alpha value is -0.783. The molecule has 0 radical (unpaired) electrons. The van der Waals surface area contributed by atoms with E-state index in [0.717, 1.165) is 11.0 Å². The number of fused-ring (bicyclic) bond motifs is 1. The molecule has 2 aromatic rings. The van der Waals surface area contributed by atoms with E-state index in [1.165, 1.54) is 0 Å². The van der Waals surface area contributed by atoms with Gasteiger partial charge in [0.25, 0.3) is 0 Å². The van der Waals surface area contributed by atoms with Crippen LogP contribution in [0.5, 0.6) is 0 Å². The molecule has 1 unspecified atom stereocenters. The van der Waals surface area contributed by atoms with Gasteiger partial charge in [-0.2, -0.15) is 15.4 Å². The molecule has 0 aliphatic rings. The molecule has 2 rings (SSSR count). The predicted octanol–water partition coefficient (Wildman–Crippen LogP) is -1.88. The molecule has 9 heteroatoms. The summed E-state index contributed by atoms with van der Waals surface area (Å²) in [6.45, 7) is -0.607. The molecule has 0 aliphatic carbocycles. The van der Waals surface area contributed by atoms with E-state index in [2.05, 4.69) is 19.6 Å². The fraction of sp³-hybridized carbons (Fsp3) is 0.333. The summed E-state index contributed by atoms with van der Waals surface area (Å²) in [4.78, 5) is 0. The number of H-pyrrole nitrogens is 1. The van der Waals surface area contributed by atoms with Crippen molar-refractivity contribution in [3.8, 4) is 0 Å². The predicted molar refractivity (Wildman–Crippen MR) is 59.4 cm³/mol. The number of nitrogens with one attached hydrogen (secondary N) is 1. The molecular formula is C9H11FLiN3O3S. The fourth-order valence-electron chi connectivity index (χ4n) is 0.968. The van der Waals surface area contributed by atoms with Crippen molar-refractivity contribution < 1.29 is 36.2 Å². The van der Waals surface area contributed by atoms with Crippen molar-refractivity contribution in [2.75, 3.05) is 13.3 Å². The number of nitrogens with zero attached hydrogens (tertiary/aromatic N) is 2. The van der Waals surface area contributed by atoms with Crippen LogP contribution in [0.15, 0.2) is 24.3 Å². The Labute approximate surface area is 118 Å². The van der Waals surface area contributed by atoms with Crippen LogP contribution in [0, 0.1) is 0 Å². The van der Waals surface area contributed by atoms with Gasteiger partial charge in [-0.1, -0.05) is 12.1 Å². The molecule has 18 heavy (non-hydrogen) atoms. The first-order valence-corrected chi connectivity index (χ1v) is 5.78. The molecule has 94 valence electrons. The summed E-state index contributed by atoms with van der Waals surface area (Å²) in [5.41, 5.74) is 1.83. The van der Waals surface area contributed by atoms with Gasteiger partial charge in [0.1, 0.15) is 11.0 Å². The van der Waals surface area contributed by atoms with Crippen LogP contribution in [0.1, 0.15) is 6.42 Å². The molecular weight excluding hydrogens is 256 g/mol. The van der Waals surface area contributed by atoms with E-state index in [1.54, 1.807) is 0 Å². The van der Waals surface area contributed by atoms with Gasteiger partial charge in [0.15, 0.2) is 0 Å². The average molecular weight is 267 g/mol. The number of alkyl halides is 1. The molecule has 0 amide bonds. The molecule has 6 nitrogen and oxygen atoms in total. The van der Waals surface area contributed by atoms with Crippen LogP contribution in [0.2, 0.25) is 0 Å². The topological polar surface area (TPSA) is 90.9 Å². The molecule has 0 saturated heterocycles. The Morgan fingerprint density at radius 1 is 1.33 bits per heavy atom. The van der Waals surface area contributed by atoms with E-state index >= 15 is 0 Å². The number of aromatic amines is 1. The molecule has 0 fully saturated rings. The first-order valence-electron chi connectivity index (χ1n) is 4.78. The summed E-state index contributed by atoms with van der Waals surface area (Å²) in [5.74, 6) is 0. The zero-order valence-electron chi connectivity index (χ0n) is 9.84. The summed E-state index contributed by atoms with van der Waals surface area (Å²) < 4.78 is 34.2. The van der Waals surface area contributed by atoms with Crippen LogP contribution in [0.3, 0.4) is 0 Å². The largest absolute Gasteiger partial charge is 1.00 e. The maximum absolute atomic E-state index is 11.2. The molecule has 0 saturated carbocycles. The minimum absolute atomic E-state index is 0. The second-order valence-corrected chi connectivity index (χ2v) is 3.52. The van der Waals surface area contributed by atoms with Gasteiger partial charge >= 0.3 is 18.9 Å². The summed E-state index contributed by atoms with van der Waals surface area (Å²) in [7, 11) is 0. The number of hydrogen-bond donors (Lipinski definition) is 1. The molecule has 1 heterocycles. The number of halogens is 1. The number of aromatic nitrogens is 3. The van der Waals surface area contributed by atoms with Crippen molar-refractivity contribution in [1.82, 2.24) is 15.4 Å². The van der Waals surface area contributed by atoms with Gasteiger partial charge in [0, 0.05) is 6.42 Å². The van der Waals surface area contributed by atoms with Crippen LogP contribution in [-0.2, 0) is 15.5 Å². The SMILES string of the molecule is O=S([O-])OCCCF.[Li+].c1ccc2n[nH]nc2c1. The summed E-state index contributed by atoms with van der Waals surface area (Å²) >= 11 is -2.48. The Morgan fingerprint density at radius 3 is 2.33 bits per heavy atom. The normalized spacial score (nSPS) is 11.2.